The topological polar surface area (TPSA) is 43.6 Å². The molecule has 4 nitrogen and oxygen atoms in total. The largest absolute Gasteiger partial charge is 0.308 e. The van der Waals surface area contributed by atoms with Crippen LogP contribution in [0.3, 0.4) is 0 Å². The molecule has 13 rings (SSSR count). The minimum atomic E-state index is 0.613. The molecule has 0 bridgehead atoms. The van der Waals surface area contributed by atoms with Crippen molar-refractivity contribution in [2.24, 2.45) is 0 Å². The van der Waals surface area contributed by atoms with Crippen LogP contribution in [-0.4, -0.2) is 19.5 Å². The van der Waals surface area contributed by atoms with Gasteiger partial charge < -0.3 is 4.57 Å². The molecule has 0 spiro atoms. The number of hydrogen-bond donors (Lipinski definition) is 0. The Morgan fingerprint density at radius 2 is 0.831 bits per heavy atom. The van der Waals surface area contributed by atoms with Crippen molar-refractivity contribution < 1.29 is 0 Å². The van der Waals surface area contributed by atoms with Gasteiger partial charge in [-0.3, -0.25) is 0 Å². The van der Waals surface area contributed by atoms with Gasteiger partial charge in [0.2, 0.25) is 0 Å². The van der Waals surface area contributed by atoms with Gasteiger partial charge in [-0.25, -0.2) is 15.0 Å². The van der Waals surface area contributed by atoms with Gasteiger partial charge in [-0.05, 0) is 84.7 Å². The fourth-order valence-corrected chi connectivity index (χ4v) is 9.95. The number of fused-ring (bicyclic) bond motifs is 8. The van der Waals surface area contributed by atoms with Crippen molar-refractivity contribution >= 4 is 64.9 Å². The third-order valence-electron chi connectivity index (χ3n) is 13.0. The molecule has 0 N–H and O–H groups in total. The van der Waals surface area contributed by atoms with Gasteiger partial charge in [-0.1, -0.05) is 200 Å². The minimum Gasteiger partial charge on any atom is -0.308 e. The van der Waals surface area contributed by atoms with Crippen LogP contribution < -0.4 is 0 Å². The van der Waals surface area contributed by atoms with Gasteiger partial charge in [-0.15, -0.1) is 0 Å². The molecule has 0 atom stereocenters. The number of hydrogen-bond acceptors (Lipinski definition) is 3. The van der Waals surface area contributed by atoms with Crippen molar-refractivity contribution in [2.75, 3.05) is 0 Å². The fourth-order valence-electron chi connectivity index (χ4n) is 9.95. The Morgan fingerprint density at radius 3 is 1.57 bits per heavy atom. The van der Waals surface area contributed by atoms with E-state index in [1.165, 1.54) is 32.3 Å². The van der Waals surface area contributed by atoms with Crippen LogP contribution in [0, 0.1) is 0 Å². The van der Waals surface area contributed by atoms with Crippen LogP contribution in [0.5, 0.6) is 0 Å². The van der Waals surface area contributed by atoms with Crippen molar-refractivity contribution in [2.45, 2.75) is 0 Å². The Labute approximate surface area is 375 Å². The zero-order valence-corrected chi connectivity index (χ0v) is 35.2. The lowest BCUT2D eigenvalue weighted by Gasteiger charge is -2.21. The Bertz CT molecular complexity index is 3980. The molecule has 2 aromatic heterocycles. The molecule has 65 heavy (non-hydrogen) atoms. The lowest BCUT2D eigenvalue weighted by molar-refractivity contribution is 1.08. The summed E-state index contributed by atoms with van der Waals surface area (Å²) in [5, 5.41) is 11.7. The van der Waals surface area contributed by atoms with E-state index in [1.54, 1.807) is 0 Å². The molecule has 2 heterocycles. The second kappa shape index (κ2) is 15.0. The summed E-state index contributed by atoms with van der Waals surface area (Å²) in [6.45, 7) is 0. The first kappa shape index (κ1) is 36.9. The van der Waals surface area contributed by atoms with E-state index in [9.17, 15) is 0 Å². The number of rotatable bonds is 6. The smallest absolute Gasteiger partial charge is 0.164 e. The first-order valence-corrected chi connectivity index (χ1v) is 22.1. The van der Waals surface area contributed by atoms with Crippen molar-refractivity contribution in [1.82, 2.24) is 19.5 Å². The predicted molar refractivity (Wildman–Crippen MR) is 271 cm³/mol. The molecule has 0 aliphatic heterocycles. The van der Waals surface area contributed by atoms with Crippen molar-refractivity contribution in [3.05, 3.63) is 231 Å². The molecule has 0 saturated heterocycles. The highest BCUT2D eigenvalue weighted by Crippen LogP contribution is 2.46. The standard InChI is InChI=1S/C61H38N4/c1-4-17-39(18-5-1)46-31-33-49-52(35-46)58(65-55-34-32-42-22-13-15-29-48(42)57(55)54-36-44-25-10-11-26-45(44)37-56(54)65)51(41-19-6-2-7-20-41)38-53(49)61-63-59(43-23-8-3-9-24-43)62-60(64-61)50-30-16-27-40-21-12-14-28-47(40)50/h1-38H. The van der Waals surface area contributed by atoms with Gasteiger partial charge in [0, 0.05) is 38.4 Å². The highest BCUT2D eigenvalue weighted by molar-refractivity contribution is 6.24. The molecule has 0 saturated carbocycles. The Balaban J connectivity index is 1.20. The van der Waals surface area contributed by atoms with Gasteiger partial charge in [0.15, 0.2) is 17.5 Å². The Kier molecular flexibility index (Phi) is 8.50. The molecular weight excluding hydrogens is 789 g/mol. The van der Waals surface area contributed by atoms with E-state index in [2.05, 4.69) is 217 Å². The zero-order valence-electron chi connectivity index (χ0n) is 35.2. The van der Waals surface area contributed by atoms with Crippen LogP contribution in [0.15, 0.2) is 231 Å². The Morgan fingerprint density at radius 1 is 0.262 bits per heavy atom. The van der Waals surface area contributed by atoms with E-state index in [0.29, 0.717) is 17.5 Å². The Hall–Kier alpha value is -8.73. The summed E-state index contributed by atoms with van der Waals surface area (Å²) in [5.74, 6) is 1.87. The molecule has 11 aromatic carbocycles. The summed E-state index contributed by atoms with van der Waals surface area (Å²) in [6.07, 6.45) is 0. The van der Waals surface area contributed by atoms with Crippen LogP contribution in [0.1, 0.15) is 0 Å². The normalized spacial score (nSPS) is 11.7. The molecule has 0 amide bonds. The lowest BCUT2D eigenvalue weighted by Crippen LogP contribution is -2.04. The molecule has 0 unspecified atom stereocenters. The zero-order chi connectivity index (χ0) is 42.8. The van der Waals surface area contributed by atoms with Crippen LogP contribution in [0.2, 0.25) is 0 Å². The van der Waals surface area contributed by atoms with Crippen LogP contribution in [0.25, 0.3) is 127 Å². The SMILES string of the molecule is c1ccc(-c2ccc3c(-c4nc(-c5ccccc5)nc(-c5cccc6ccccc56)n4)cc(-c4ccccc4)c(-n4c5cc6ccccc6cc5c5c6ccccc6ccc54)c3c2)cc1. The van der Waals surface area contributed by atoms with E-state index < -0.39 is 0 Å². The van der Waals surface area contributed by atoms with Gasteiger partial charge in [-0.2, -0.15) is 0 Å². The van der Waals surface area contributed by atoms with Crippen molar-refractivity contribution in [3.8, 4) is 62.1 Å². The molecule has 0 radical (unpaired) electrons. The first-order chi connectivity index (χ1) is 32.2. The van der Waals surface area contributed by atoms with Crippen molar-refractivity contribution in [3.63, 3.8) is 0 Å². The quantitative estimate of drug-likeness (QED) is 0.168. The fraction of sp³-hybridized carbons (Fsp3) is 0. The molecule has 4 heteroatoms. The average molecular weight is 827 g/mol. The molecule has 0 fully saturated rings. The molecular formula is C61H38N4. The average Bonchev–Trinajstić information content (AvgIpc) is 3.70. The van der Waals surface area contributed by atoms with Crippen molar-refractivity contribution in [1.29, 1.82) is 0 Å². The van der Waals surface area contributed by atoms with Gasteiger partial charge in [0.05, 0.1) is 16.7 Å². The maximum Gasteiger partial charge on any atom is 0.164 e. The van der Waals surface area contributed by atoms with Gasteiger partial charge in [0.25, 0.3) is 0 Å². The van der Waals surface area contributed by atoms with E-state index in [1.807, 2.05) is 18.2 Å². The van der Waals surface area contributed by atoms with E-state index in [-0.39, 0.29) is 0 Å². The summed E-state index contributed by atoms with van der Waals surface area (Å²) < 4.78 is 2.52. The maximum atomic E-state index is 5.45. The second-order valence-electron chi connectivity index (χ2n) is 16.7. The summed E-state index contributed by atoms with van der Waals surface area (Å²) in [7, 11) is 0. The lowest BCUT2D eigenvalue weighted by atomic mass is 9.91. The van der Waals surface area contributed by atoms with Crippen LogP contribution in [-0.2, 0) is 0 Å². The molecule has 0 aliphatic carbocycles. The van der Waals surface area contributed by atoms with Gasteiger partial charge >= 0.3 is 0 Å². The van der Waals surface area contributed by atoms with E-state index >= 15 is 0 Å². The maximum absolute atomic E-state index is 5.45. The monoisotopic (exact) mass is 826 g/mol. The summed E-state index contributed by atoms with van der Waals surface area (Å²) in [6, 6.07) is 82.5. The molecule has 0 aliphatic rings. The minimum absolute atomic E-state index is 0.613. The number of aromatic nitrogens is 4. The third kappa shape index (κ3) is 6.11. The summed E-state index contributed by atoms with van der Waals surface area (Å²) >= 11 is 0. The second-order valence-corrected chi connectivity index (χ2v) is 16.7. The van der Waals surface area contributed by atoms with Gasteiger partial charge in [0.1, 0.15) is 0 Å². The highest BCUT2D eigenvalue weighted by atomic mass is 15.0. The van der Waals surface area contributed by atoms with Crippen LogP contribution >= 0.6 is 0 Å². The molecule has 302 valence electrons. The first-order valence-electron chi connectivity index (χ1n) is 22.1. The summed E-state index contributed by atoms with van der Waals surface area (Å²) in [5.41, 5.74) is 10.7. The predicted octanol–water partition coefficient (Wildman–Crippen LogP) is 15.9. The summed E-state index contributed by atoms with van der Waals surface area (Å²) in [4.78, 5) is 16.0. The van der Waals surface area contributed by atoms with E-state index in [4.69, 9.17) is 15.0 Å². The number of benzene rings is 11. The highest BCUT2D eigenvalue weighted by Gasteiger charge is 2.25. The third-order valence-corrected chi connectivity index (χ3v) is 13.0. The van der Waals surface area contributed by atoms with Crippen LogP contribution in [0.4, 0.5) is 0 Å². The number of nitrogens with zero attached hydrogens (tertiary/aromatic N) is 4. The van der Waals surface area contributed by atoms with E-state index in [0.717, 1.165) is 77.2 Å². The molecule has 13 aromatic rings.